The fraction of sp³-hybridized carbons (Fsp3) is 0.591. The van der Waals surface area contributed by atoms with Crippen LogP contribution in [-0.2, 0) is 13.0 Å². The minimum absolute atomic E-state index is 0.211. The maximum atomic E-state index is 13.1. The van der Waals surface area contributed by atoms with Gasteiger partial charge in [0.1, 0.15) is 11.6 Å². The van der Waals surface area contributed by atoms with E-state index >= 15 is 0 Å². The highest BCUT2D eigenvalue weighted by molar-refractivity contribution is 7.98. The van der Waals surface area contributed by atoms with E-state index in [1.54, 1.807) is 11.8 Å². The van der Waals surface area contributed by atoms with Crippen molar-refractivity contribution in [2.75, 3.05) is 26.4 Å². The minimum atomic E-state index is -0.211. The second-order valence-corrected chi connectivity index (χ2v) is 8.51. The number of halogens is 1. The standard InChI is InChI=1S/C22H33FN6S/c1-4-24-21(28(2)16-17-11-13-18(23)14-12-17)25-15-7-10-20-26-27-22(30-3)29(20)19-8-5-6-9-19/h11-14,19H,4-10,15-16H2,1-3H3,(H,24,25). The predicted molar refractivity (Wildman–Crippen MR) is 121 cm³/mol. The Morgan fingerprint density at radius 2 is 2.00 bits per heavy atom. The average Bonchev–Trinajstić information content (AvgIpc) is 3.41. The molecule has 0 amide bonds. The lowest BCUT2D eigenvalue weighted by atomic mass is 10.2. The van der Waals surface area contributed by atoms with Crippen LogP contribution in [0.5, 0.6) is 0 Å². The lowest BCUT2D eigenvalue weighted by Gasteiger charge is -2.22. The molecule has 1 aromatic carbocycles. The Morgan fingerprint density at radius 1 is 1.27 bits per heavy atom. The van der Waals surface area contributed by atoms with E-state index in [0.29, 0.717) is 12.6 Å². The van der Waals surface area contributed by atoms with E-state index in [0.717, 1.165) is 48.4 Å². The highest BCUT2D eigenvalue weighted by Gasteiger charge is 2.23. The molecule has 0 spiro atoms. The number of aliphatic imine (C=N–C) groups is 1. The molecule has 3 rings (SSSR count). The van der Waals surface area contributed by atoms with Crippen LogP contribution < -0.4 is 5.32 Å². The van der Waals surface area contributed by atoms with E-state index in [2.05, 4.69) is 38.2 Å². The van der Waals surface area contributed by atoms with Gasteiger partial charge in [0.25, 0.3) is 0 Å². The third-order valence-corrected chi connectivity index (χ3v) is 6.10. The summed E-state index contributed by atoms with van der Waals surface area (Å²) in [7, 11) is 2.01. The van der Waals surface area contributed by atoms with Crippen LogP contribution in [0.3, 0.4) is 0 Å². The van der Waals surface area contributed by atoms with Gasteiger partial charge in [-0.05, 0) is 50.1 Å². The number of rotatable bonds is 9. The maximum Gasteiger partial charge on any atom is 0.193 e. The number of aromatic nitrogens is 3. The molecular formula is C22H33FN6S. The van der Waals surface area contributed by atoms with Crippen molar-refractivity contribution in [3.05, 3.63) is 41.5 Å². The molecule has 0 unspecified atom stereocenters. The number of hydrogen-bond acceptors (Lipinski definition) is 4. The van der Waals surface area contributed by atoms with Crippen molar-refractivity contribution in [1.82, 2.24) is 25.0 Å². The van der Waals surface area contributed by atoms with Crippen molar-refractivity contribution in [2.45, 2.75) is 63.2 Å². The number of hydrogen-bond donors (Lipinski definition) is 1. The molecule has 0 saturated heterocycles. The fourth-order valence-electron chi connectivity index (χ4n) is 3.98. The van der Waals surface area contributed by atoms with E-state index in [1.807, 2.05) is 19.2 Å². The maximum absolute atomic E-state index is 13.1. The monoisotopic (exact) mass is 432 g/mol. The highest BCUT2D eigenvalue weighted by Crippen LogP contribution is 2.33. The van der Waals surface area contributed by atoms with Gasteiger partial charge < -0.3 is 14.8 Å². The summed E-state index contributed by atoms with van der Waals surface area (Å²) < 4.78 is 15.5. The van der Waals surface area contributed by atoms with Gasteiger partial charge in [-0.25, -0.2) is 4.39 Å². The smallest absolute Gasteiger partial charge is 0.193 e. The minimum Gasteiger partial charge on any atom is -0.357 e. The molecule has 0 atom stereocenters. The van der Waals surface area contributed by atoms with E-state index in [4.69, 9.17) is 4.99 Å². The number of benzene rings is 1. The molecule has 1 aliphatic rings. The number of aryl methyl sites for hydroxylation is 1. The molecule has 0 radical (unpaired) electrons. The molecule has 30 heavy (non-hydrogen) atoms. The first-order chi connectivity index (χ1) is 14.6. The Balaban J connectivity index is 1.58. The van der Waals surface area contributed by atoms with Crippen LogP contribution in [0.2, 0.25) is 0 Å². The predicted octanol–water partition coefficient (Wildman–Crippen LogP) is 4.28. The van der Waals surface area contributed by atoms with E-state index < -0.39 is 0 Å². The third-order valence-electron chi connectivity index (χ3n) is 5.46. The Hall–Kier alpha value is -2.09. The Labute approximate surface area is 183 Å². The zero-order valence-corrected chi connectivity index (χ0v) is 19.1. The molecule has 0 bridgehead atoms. The summed E-state index contributed by atoms with van der Waals surface area (Å²) >= 11 is 1.68. The van der Waals surface area contributed by atoms with Gasteiger partial charge in [-0.15, -0.1) is 10.2 Å². The van der Waals surface area contributed by atoms with Crippen LogP contribution in [-0.4, -0.2) is 52.0 Å². The average molecular weight is 433 g/mol. The van der Waals surface area contributed by atoms with Gasteiger partial charge in [-0.2, -0.15) is 0 Å². The molecule has 1 aliphatic carbocycles. The number of nitrogens with one attached hydrogen (secondary N) is 1. The van der Waals surface area contributed by atoms with Crippen molar-refractivity contribution >= 4 is 17.7 Å². The molecular weight excluding hydrogens is 399 g/mol. The zero-order chi connectivity index (χ0) is 21.3. The molecule has 1 saturated carbocycles. The van der Waals surface area contributed by atoms with Gasteiger partial charge in [-0.1, -0.05) is 36.7 Å². The lowest BCUT2D eigenvalue weighted by molar-refractivity contribution is 0.460. The van der Waals surface area contributed by atoms with E-state index in [-0.39, 0.29) is 5.82 Å². The second-order valence-electron chi connectivity index (χ2n) is 7.73. The molecule has 1 fully saturated rings. The summed E-state index contributed by atoms with van der Waals surface area (Å²) in [5.41, 5.74) is 1.05. The quantitative estimate of drug-likeness (QED) is 0.277. The van der Waals surface area contributed by atoms with Crippen LogP contribution in [0.25, 0.3) is 0 Å². The first-order valence-corrected chi connectivity index (χ1v) is 12.1. The first-order valence-electron chi connectivity index (χ1n) is 10.8. The van der Waals surface area contributed by atoms with E-state index in [9.17, 15) is 4.39 Å². The van der Waals surface area contributed by atoms with Gasteiger partial charge in [0.2, 0.25) is 0 Å². The topological polar surface area (TPSA) is 58.3 Å². The molecule has 0 aliphatic heterocycles. The summed E-state index contributed by atoms with van der Waals surface area (Å²) in [5.74, 6) is 1.74. The summed E-state index contributed by atoms with van der Waals surface area (Å²) in [5, 5.41) is 13.2. The van der Waals surface area contributed by atoms with Gasteiger partial charge in [0, 0.05) is 39.1 Å². The highest BCUT2D eigenvalue weighted by atomic mass is 32.2. The molecule has 1 heterocycles. The van der Waals surface area contributed by atoms with Crippen LogP contribution in [0.4, 0.5) is 4.39 Å². The molecule has 1 N–H and O–H groups in total. The van der Waals surface area contributed by atoms with Gasteiger partial charge in [0.15, 0.2) is 11.1 Å². The van der Waals surface area contributed by atoms with Gasteiger partial charge in [-0.3, -0.25) is 4.99 Å². The van der Waals surface area contributed by atoms with Crippen LogP contribution >= 0.6 is 11.8 Å². The Morgan fingerprint density at radius 3 is 2.67 bits per heavy atom. The second kappa shape index (κ2) is 11.3. The lowest BCUT2D eigenvalue weighted by Crippen LogP contribution is -2.38. The van der Waals surface area contributed by atoms with E-state index in [1.165, 1.54) is 37.8 Å². The van der Waals surface area contributed by atoms with Crippen LogP contribution in [0.15, 0.2) is 34.4 Å². The van der Waals surface area contributed by atoms with Crippen molar-refractivity contribution in [2.24, 2.45) is 4.99 Å². The number of nitrogens with zero attached hydrogens (tertiary/aromatic N) is 5. The first kappa shape index (κ1) is 22.6. The van der Waals surface area contributed by atoms with Crippen molar-refractivity contribution in [3.63, 3.8) is 0 Å². The third kappa shape index (κ3) is 5.97. The van der Waals surface area contributed by atoms with Crippen molar-refractivity contribution < 1.29 is 4.39 Å². The Bertz CT molecular complexity index is 814. The van der Waals surface area contributed by atoms with Crippen LogP contribution in [0, 0.1) is 5.82 Å². The van der Waals surface area contributed by atoms with Gasteiger partial charge in [0.05, 0.1) is 0 Å². The zero-order valence-electron chi connectivity index (χ0n) is 18.3. The largest absolute Gasteiger partial charge is 0.357 e. The number of thioether (sulfide) groups is 1. The van der Waals surface area contributed by atoms with Gasteiger partial charge >= 0.3 is 0 Å². The summed E-state index contributed by atoms with van der Waals surface area (Å²) in [6.45, 7) is 4.27. The van der Waals surface area contributed by atoms with Crippen molar-refractivity contribution in [1.29, 1.82) is 0 Å². The summed E-state index contributed by atoms with van der Waals surface area (Å²) in [6.07, 6.45) is 8.95. The van der Waals surface area contributed by atoms with Crippen molar-refractivity contribution in [3.8, 4) is 0 Å². The molecule has 6 nitrogen and oxygen atoms in total. The number of guanidine groups is 1. The normalized spacial score (nSPS) is 15.0. The molecule has 2 aromatic rings. The molecule has 1 aromatic heterocycles. The fourth-order valence-corrected chi connectivity index (χ4v) is 4.55. The molecule has 164 valence electrons. The SMILES string of the molecule is CCNC(=NCCCc1nnc(SC)n1C1CCCC1)N(C)Cc1ccc(F)cc1. The van der Waals surface area contributed by atoms with Crippen LogP contribution in [0.1, 0.15) is 56.5 Å². The summed E-state index contributed by atoms with van der Waals surface area (Å²) in [4.78, 5) is 6.86. The molecule has 8 heteroatoms. The Kier molecular flexibility index (Phi) is 8.54. The summed E-state index contributed by atoms with van der Waals surface area (Å²) in [6, 6.07) is 7.18.